The highest BCUT2D eigenvalue weighted by Gasteiger charge is 1.98. The second-order valence-electron chi connectivity index (χ2n) is 1.44. The molecule has 0 aromatic rings. The SMILES string of the molecule is CCON(C)OC(C)=O. The predicted octanol–water partition coefficient (Wildman–Crippen LogP) is 0.348. The molecule has 9 heavy (non-hydrogen) atoms. The number of hydrogen-bond acceptors (Lipinski definition) is 4. The molecule has 0 aromatic carbocycles. The van der Waals surface area contributed by atoms with Crippen LogP contribution in [0.1, 0.15) is 13.8 Å². The van der Waals surface area contributed by atoms with Gasteiger partial charge in [-0.15, -0.1) is 0 Å². The number of nitrogens with zero attached hydrogens (tertiary/aromatic N) is 1. The van der Waals surface area contributed by atoms with E-state index in [1.165, 1.54) is 14.0 Å². The minimum Gasteiger partial charge on any atom is -0.343 e. The summed E-state index contributed by atoms with van der Waals surface area (Å²) < 4.78 is 0. The molecule has 0 aliphatic heterocycles. The Hall–Kier alpha value is -0.610. The maximum atomic E-state index is 10.2. The zero-order chi connectivity index (χ0) is 7.28. The number of hydrogen-bond donors (Lipinski definition) is 0. The maximum Gasteiger partial charge on any atom is 0.325 e. The highest BCUT2D eigenvalue weighted by atomic mass is 17.0. The van der Waals surface area contributed by atoms with Crippen LogP contribution in [-0.4, -0.2) is 24.9 Å². The summed E-state index contributed by atoms with van der Waals surface area (Å²) in [6.45, 7) is 3.61. The number of carbonyl (C=O) groups excluding carboxylic acids is 1. The molecule has 0 saturated carbocycles. The Morgan fingerprint density at radius 3 is 2.56 bits per heavy atom. The van der Waals surface area contributed by atoms with Crippen LogP contribution in [0.15, 0.2) is 0 Å². The quantitative estimate of drug-likeness (QED) is 0.521. The lowest BCUT2D eigenvalue weighted by molar-refractivity contribution is -0.328. The highest BCUT2D eigenvalue weighted by Crippen LogP contribution is 1.85. The van der Waals surface area contributed by atoms with E-state index in [0.29, 0.717) is 6.61 Å². The van der Waals surface area contributed by atoms with Gasteiger partial charge in [0.25, 0.3) is 0 Å². The van der Waals surface area contributed by atoms with Gasteiger partial charge >= 0.3 is 5.97 Å². The monoisotopic (exact) mass is 133 g/mol. The lowest BCUT2D eigenvalue weighted by Gasteiger charge is -2.11. The average Bonchev–Trinajstić information content (AvgIpc) is 1.63. The molecule has 4 nitrogen and oxygen atoms in total. The molecule has 0 atom stereocenters. The molecule has 0 amide bonds. The van der Waals surface area contributed by atoms with E-state index in [0.717, 1.165) is 5.23 Å². The Morgan fingerprint density at radius 2 is 2.22 bits per heavy atom. The van der Waals surface area contributed by atoms with E-state index in [2.05, 4.69) is 4.84 Å². The third-order valence-corrected chi connectivity index (χ3v) is 0.568. The third kappa shape index (κ3) is 5.26. The molecular formula is C5H11NO3. The average molecular weight is 133 g/mol. The van der Waals surface area contributed by atoms with E-state index in [1.807, 2.05) is 0 Å². The molecule has 0 bridgehead atoms. The molecule has 0 spiro atoms. The molecule has 0 unspecified atom stereocenters. The van der Waals surface area contributed by atoms with Gasteiger partial charge in [0, 0.05) is 6.92 Å². The van der Waals surface area contributed by atoms with E-state index in [9.17, 15) is 4.79 Å². The fourth-order valence-electron chi connectivity index (χ4n) is 0.389. The fraction of sp³-hybridized carbons (Fsp3) is 0.800. The molecule has 0 aliphatic carbocycles. The van der Waals surface area contributed by atoms with Crippen LogP contribution in [0.2, 0.25) is 0 Å². The van der Waals surface area contributed by atoms with Gasteiger partial charge in [-0.1, -0.05) is 0 Å². The Labute approximate surface area is 54.3 Å². The topological polar surface area (TPSA) is 38.8 Å². The van der Waals surface area contributed by atoms with Crippen LogP contribution >= 0.6 is 0 Å². The Balaban J connectivity index is 3.26. The van der Waals surface area contributed by atoms with Crippen molar-refractivity contribution in [2.75, 3.05) is 13.7 Å². The van der Waals surface area contributed by atoms with Gasteiger partial charge in [-0.3, -0.25) is 9.63 Å². The summed E-state index contributed by atoms with van der Waals surface area (Å²) in [6, 6.07) is 0. The molecule has 0 rings (SSSR count). The Kier molecular flexibility index (Phi) is 4.00. The molecular weight excluding hydrogens is 122 g/mol. The summed E-state index contributed by atoms with van der Waals surface area (Å²) in [4.78, 5) is 19.4. The molecule has 0 radical (unpaired) electrons. The van der Waals surface area contributed by atoms with Crippen molar-refractivity contribution in [2.24, 2.45) is 0 Å². The molecule has 0 N–H and O–H groups in total. The maximum absolute atomic E-state index is 10.2. The first-order valence-corrected chi connectivity index (χ1v) is 2.72. The third-order valence-electron chi connectivity index (χ3n) is 0.568. The van der Waals surface area contributed by atoms with Crippen molar-refractivity contribution in [1.82, 2.24) is 5.23 Å². The number of carbonyl (C=O) groups is 1. The zero-order valence-electron chi connectivity index (χ0n) is 5.88. The van der Waals surface area contributed by atoms with Crippen molar-refractivity contribution in [3.8, 4) is 0 Å². The van der Waals surface area contributed by atoms with Gasteiger partial charge in [0.1, 0.15) is 0 Å². The van der Waals surface area contributed by atoms with Gasteiger partial charge in [0.15, 0.2) is 0 Å². The van der Waals surface area contributed by atoms with Gasteiger partial charge in [0.2, 0.25) is 0 Å². The summed E-state index contributed by atoms with van der Waals surface area (Å²) in [6.07, 6.45) is 0. The van der Waals surface area contributed by atoms with Crippen LogP contribution in [-0.2, 0) is 14.5 Å². The smallest absolute Gasteiger partial charge is 0.325 e. The van der Waals surface area contributed by atoms with Crippen molar-refractivity contribution in [1.29, 1.82) is 0 Å². The summed E-state index contributed by atoms with van der Waals surface area (Å²) in [5.41, 5.74) is 0. The minimum absolute atomic E-state index is 0.383. The lowest BCUT2D eigenvalue weighted by Crippen LogP contribution is -2.21. The second-order valence-corrected chi connectivity index (χ2v) is 1.44. The molecule has 0 saturated heterocycles. The molecule has 4 heteroatoms. The van der Waals surface area contributed by atoms with E-state index in [-0.39, 0.29) is 5.97 Å². The van der Waals surface area contributed by atoms with Crippen LogP contribution in [0.5, 0.6) is 0 Å². The first-order chi connectivity index (χ1) is 4.16. The van der Waals surface area contributed by atoms with Gasteiger partial charge in [-0.25, -0.2) is 0 Å². The molecule has 0 aromatic heterocycles. The van der Waals surface area contributed by atoms with E-state index in [1.54, 1.807) is 6.92 Å². The van der Waals surface area contributed by atoms with Crippen molar-refractivity contribution >= 4 is 5.97 Å². The summed E-state index contributed by atoms with van der Waals surface area (Å²) in [5, 5.41) is 1.03. The molecule has 0 aliphatic rings. The van der Waals surface area contributed by atoms with Crippen molar-refractivity contribution < 1.29 is 14.5 Å². The molecule has 0 fully saturated rings. The highest BCUT2D eigenvalue weighted by molar-refractivity contribution is 5.65. The number of rotatable bonds is 3. The Bertz CT molecular complexity index is 94.2. The van der Waals surface area contributed by atoms with Gasteiger partial charge in [-0.2, -0.15) is 0 Å². The van der Waals surface area contributed by atoms with E-state index >= 15 is 0 Å². The van der Waals surface area contributed by atoms with Crippen LogP contribution in [0, 0.1) is 0 Å². The second kappa shape index (κ2) is 4.29. The van der Waals surface area contributed by atoms with Crippen molar-refractivity contribution in [3.63, 3.8) is 0 Å². The first-order valence-electron chi connectivity index (χ1n) is 2.72. The standard InChI is InChI=1S/C5H11NO3/c1-4-8-6(3)9-5(2)7/h4H2,1-3H3. The first kappa shape index (κ1) is 8.39. The summed E-state index contributed by atoms with van der Waals surface area (Å²) >= 11 is 0. The van der Waals surface area contributed by atoms with Crippen LogP contribution in [0.25, 0.3) is 0 Å². The zero-order valence-corrected chi connectivity index (χ0v) is 5.88. The minimum atomic E-state index is -0.383. The van der Waals surface area contributed by atoms with Gasteiger partial charge < -0.3 is 4.84 Å². The normalized spacial score (nSPS) is 9.78. The van der Waals surface area contributed by atoms with Crippen LogP contribution < -0.4 is 0 Å². The van der Waals surface area contributed by atoms with Crippen molar-refractivity contribution in [2.45, 2.75) is 13.8 Å². The van der Waals surface area contributed by atoms with Gasteiger partial charge in [-0.05, 0) is 12.2 Å². The Morgan fingerprint density at radius 1 is 1.67 bits per heavy atom. The summed E-state index contributed by atoms with van der Waals surface area (Å²) in [5.74, 6) is -0.383. The lowest BCUT2D eigenvalue weighted by atomic mass is 10.8. The van der Waals surface area contributed by atoms with E-state index in [4.69, 9.17) is 4.84 Å². The molecule has 0 heterocycles. The van der Waals surface area contributed by atoms with Gasteiger partial charge in [0.05, 0.1) is 13.7 Å². The largest absolute Gasteiger partial charge is 0.343 e. The fourth-order valence-corrected chi connectivity index (χ4v) is 0.389. The van der Waals surface area contributed by atoms with Crippen molar-refractivity contribution in [3.05, 3.63) is 0 Å². The predicted molar refractivity (Wildman–Crippen MR) is 31.2 cm³/mol. The van der Waals surface area contributed by atoms with Crippen LogP contribution in [0.4, 0.5) is 0 Å². The van der Waals surface area contributed by atoms with Crippen LogP contribution in [0.3, 0.4) is 0 Å². The number of hydroxylamine groups is 2. The summed E-state index contributed by atoms with van der Waals surface area (Å²) in [7, 11) is 1.52. The molecule has 54 valence electrons. The van der Waals surface area contributed by atoms with E-state index < -0.39 is 0 Å².